The summed E-state index contributed by atoms with van der Waals surface area (Å²) < 4.78 is 1.30. The summed E-state index contributed by atoms with van der Waals surface area (Å²) in [5.41, 5.74) is 0.648. The number of nitrogens with zero attached hydrogens (tertiary/aromatic N) is 5. The minimum absolute atomic E-state index is 0.0555. The maximum Gasteiger partial charge on any atom is 0.292 e. The zero-order valence-corrected chi connectivity index (χ0v) is 16.5. The number of aromatic nitrogens is 2. The minimum Gasteiger partial charge on any atom is -0.362 e. The molecule has 1 aromatic heterocycles. The van der Waals surface area contributed by atoms with Crippen molar-refractivity contribution < 1.29 is 9.72 Å². The van der Waals surface area contributed by atoms with Crippen LogP contribution < -0.4 is 10.5 Å². The van der Waals surface area contributed by atoms with Gasteiger partial charge in [0.05, 0.1) is 10.3 Å². The molecule has 9 heteroatoms. The quantitative estimate of drug-likeness (QED) is 0.486. The first kappa shape index (κ1) is 19.6. The Kier molecular flexibility index (Phi) is 5.18. The molecule has 1 amide bonds. The Morgan fingerprint density at radius 3 is 2.33 bits per heavy atom. The molecule has 0 bridgehead atoms. The average Bonchev–Trinajstić information content (AvgIpc) is 2.79. The Morgan fingerprint density at radius 1 is 1.03 bits per heavy atom. The van der Waals surface area contributed by atoms with E-state index in [0.717, 1.165) is 0 Å². The van der Waals surface area contributed by atoms with Crippen molar-refractivity contribution in [2.24, 2.45) is 0 Å². The normalized spacial score (nSPS) is 14.2. The van der Waals surface area contributed by atoms with E-state index in [1.165, 1.54) is 10.7 Å². The maximum absolute atomic E-state index is 13.2. The molecule has 9 nitrogen and oxygen atoms in total. The van der Waals surface area contributed by atoms with Crippen molar-refractivity contribution in [3.8, 4) is 0 Å². The van der Waals surface area contributed by atoms with E-state index >= 15 is 0 Å². The molecule has 0 radical (unpaired) electrons. The van der Waals surface area contributed by atoms with Crippen LogP contribution in [0.25, 0.3) is 10.8 Å². The fourth-order valence-electron chi connectivity index (χ4n) is 3.79. The van der Waals surface area contributed by atoms with Gasteiger partial charge in [-0.2, -0.15) is 5.10 Å². The highest BCUT2D eigenvalue weighted by Crippen LogP contribution is 2.28. The van der Waals surface area contributed by atoms with Gasteiger partial charge < -0.3 is 9.80 Å². The first-order chi connectivity index (χ1) is 14.5. The Balaban J connectivity index is 1.60. The molecule has 0 spiro atoms. The third kappa shape index (κ3) is 3.38. The van der Waals surface area contributed by atoms with Gasteiger partial charge in [-0.25, -0.2) is 4.68 Å². The minimum atomic E-state index is -0.392. The molecule has 1 aliphatic heterocycles. The van der Waals surface area contributed by atoms with E-state index in [2.05, 4.69) is 5.10 Å². The molecule has 4 rings (SSSR count). The number of anilines is 1. The molecular weight excluding hydrogens is 386 g/mol. The highest BCUT2D eigenvalue weighted by Gasteiger charge is 2.28. The van der Waals surface area contributed by atoms with E-state index < -0.39 is 4.92 Å². The van der Waals surface area contributed by atoms with Gasteiger partial charge in [0.25, 0.3) is 17.2 Å². The SMILES string of the molecule is CCn1nc(C(=O)N2CCN(c3ccccc3[N+](=O)[O-])CC2)c2ccccc2c1=O. The summed E-state index contributed by atoms with van der Waals surface area (Å²) in [7, 11) is 0. The van der Waals surface area contributed by atoms with E-state index in [4.69, 9.17) is 0 Å². The largest absolute Gasteiger partial charge is 0.362 e. The van der Waals surface area contributed by atoms with E-state index in [1.54, 1.807) is 47.4 Å². The van der Waals surface area contributed by atoms with Crippen LogP contribution in [-0.2, 0) is 6.54 Å². The number of rotatable bonds is 4. The lowest BCUT2D eigenvalue weighted by atomic mass is 10.1. The van der Waals surface area contributed by atoms with Crippen molar-refractivity contribution >= 4 is 28.1 Å². The molecular formula is C21H21N5O4. The summed E-state index contributed by atoms with van der Waals surface area (Å²) >= 11 is 0. The van der Waals surface area contributed by atoms with Crippen molar-refractivity contribution in [3.63, 3.8) is 0 Å². The number of nitro benzene ring substituents is 1. The molecule has 0 N–H and O–H groups in total. The highest BCUT2D eigenvalue weighted by atomic mass is 16.6. The summed E-state index contributed by atoms with van der Waals surface area (Å²) in [6.07, 6.45) is 0. The molecule has 154 valence electrons. The monoisotopic (exact) mass is 407 g/mol. The number of carbonyl (C=O) groups excluding carboxylic acids is 1. The van der Waals surface area contributed by atoms with Gasteiger partial charge >= 0.3 is 0 Å². The molecule has 0 aliphatic carbocycles. The van der Waals surface area contributed by atoms with Crippen LogP contribution in [0.3, 0.4) is 0 Å². The number of piperazine rings is 1. The summed E-state index contributed by atoms with van der Waals surface area (Å²) in [5.74, 6) is -0.240. The van der Waals surface area contributed by atoms with Crippen LogP contribution >= 0.6 is 0 Å². The number of hydrogen-bond donors (Lipinski definition) is 0. The van der Waals surface area contributed by atoms with Gasteiger partial charge in [0.2, 0.25) is 0 Å². The van der Waals surface area contributed by atoms with Crippen LogP contribution in [0.1, 0.15) is 17.4 Å². The number of para-hydroxylation sites is 2. The molecule has 1 aliphatic rings. The van der Waals surface area contributed by atoms with E-state index in [0.29, 0.717) is 49.2 Å². The summed E-state index contributed by atoms with van der Waals surface area (Å²) in [5, 5.41) is 16.6. The smallest absolute Gasteiger partial charge is 0.292 e. The second kappa shape index (κ2) is 7.94. The van der Waals surface area contributed by atoms with Gasteiger partial charge in [-0.15, -0.1) is 0 Å². The first-order valence-corrected chi connectivity index (χ1v) is 9.78. The van der Waals surface area contributed by atoms with Crippen LogP contribution in [0.15, 0.2) is 53.3 Å². The number of amides is 1. The lowest BCUT2D eigenvalue weighted by molar-refractivity contribution is -0.384. The van der Waals surface area contributed by atoms with Gasteiger partial charge in [-0.05, 0) is 19.1 Å². The number of carbonyl (C=O) groups is 1. The second-order valence-electron chi connectivity index (χ2n) is 7.04. The summed E-state index contributed by atoms with van der Waals surface area (Å²) in [6, 6.07) is 13.6. The molecule has 0 atom stereocenters. The molecule has 3 aromatic rings. The zero-order chi connectivity index (χ0) is 21.3. The van der Waals surface area contributed by atoms with Gasteiger partial charge in [0.15, 0.2) is 5.69 Å². The number of aryl methyl sites for hydroxylation is 1. The number of nitro groups is 1. The van der Waals surface area contributed by atoms with Gasteiger partial charge in [0.1, 0.15) is 5.69 Å². The average molecular weight is 407 g/mol. The topological polar surface area (TPSA) is 102 Å². The van der Waals surface area contributed by atoms with Crippen LogP contribution in [0.2, 0.25) is 0 Å². The van der Waals surface area contributed by atoms with Crippen molar-refractivity contribution in [1.82, 2.24) is 14.7 Å². The predicted octanol–water partition coefficient (Wildman–Crippen LogP) is 2.29. The van der Waals surface area contributed by atoms with Crippen molar-refractivity contribution in [2.45, 2.75) is 13.5 Å². The Morgan fingerprint density at radius 2 is 1.67 bits per heavy atom. The second-order valence-corrected chi connectivity index (χ2v) is 7.04. The van der Waals surface area contributed by atoms with Crippen molar-refractivity contribution in [3.05, 3.63) is 74.7 Å². The van der Waals surface area contributed by atoms with Crippen LogP contribution in [-0.4, -0.2) is 51.7 Å². The lowest BCUT2D eigenvalue weighted by Gasteiger charge is -2.35. The van der Waals surface area contributed by atoms with E-state index in [-0.39, 0.29) is 22.8 Å². The van der Waals surface area contributed by atoms with Crippen LogP contribution in [0.5, 0.6) is 0 Å². The first-order valence-electron chi connectivity index (χ1n) is 9.78. The third-order valence-corrected chi connectivity index (χ3v) is 5.36. The Bertz CT molecular complexity index is 1180. The highest BCUT2D eigenvalue weighted by molar-refractivity contribution is 6.04. The number of hydrogen-bond acceptors (Lipinski definition) is 6. The molecule has 1 fully saturated rings. The predicted molar refractivity (Wildman–Crippen MR) is 113 cm³/mol. The summed E-state index contributed by atoms with van der Waals surface area (Å²) in [6.45, 7) is 3.94. The molecule has 2 heterocycles. The Labute approximate surface area is 172 Å². The van der Waals surface area contributed by atoms with E-state index in [1.807, 2.05) is 11.8 Å². The third-order valence-electron chi connectivity index (χ3n) is 5.36. The lowest BCUT2D eigenvalue weighted by Crippen LogP contribution is -2.49. The van der Waals surface area contributed by atoms with Gasteiger partial charge in [0, 0.05) is 44.2 Å². The number of fused-ring (bicyclic) bond motifs is 1. The maximum atomic E-state index is 13.2. The van der Waals surface area contributed by atoms with Crippen LogP contribution in [0, 0.1) is 10.1 Å². The van der Waals surface area contributed by atoms with Crippen LogP contribution in [0.4, 0.5) is 11.4 Å². The molecule has 0 unspecified atom stereocenters. The Hall–Kier alpha value is -3.75. The van der Waals surface area contributed by atoms with E-state index in [9.17, 15) is 19.7 Å². The number of benzene rings is 2. The van der Waals surface area contributed by atoms with Gasteiger partial charge in [-0.3, -0.25) is 19.7 Å². The molecule has 0 saturated carbocycles. The van der Waals surface area contributed by atoms with Crippen molar-refractivity contribution in [2.75, 3.05) is 31.1 Å². The molecule has 2 aromatic carbocycles. The van der Waals surface area contributed by atoms with Gasteiger partial charge in [-0.1, -0.05) is 30.3 Å². The van der Waals surface area contributed by atoms with Crippen molar-refractivity contribution in [1.29, 1.82) is 0 Å². The standard InChI is InChI=1S/C21H21N5O4/c1-2-25-20(27)16-8-4-3-7-15(16)19(22-25)21(28)24-13-11-23(12-14-24)17-9-5-6-10-18(17)26(29)30/h3-10H,2,11-14H2,1H3. The fraction of sp³-hybridized carbons (Fsp3) is 0.286. The summed E-state index contributed by atoms with van der Waals surface area (Å²) in [4.78, 5) is 40.3. The molecule has 30 heavy (non-hydrogen) atoms. The molecule has 1 saturated heterocycles. The fourth-order valence-corrected chi connectivity index (χ4v) is 3.79. The zero-order valence-electron chi connectivity index (χ0n) is 16.5.